The summed E-state index contributed by atoms with van der Waals surface area (Å²) in [4.78, 5) is 0. The Morgan fingerprint density at radius 1 is 1.37 bits per heavy atom. The molecule has 0 spiro atoms. The van der Waals surface area contributed by atoms with E-state index in [4.69, 9.17) is 0 Å². The number of nitrogens with one attached hydrogen (secondary N) is 1. The van der Waals surface area contributed by atoms with Gasteiger partial charge in [-0.1, -0.05) is 13.0 Å². The van der Waals surface area contributed by atoms with Crippen LogP contribution in [0.2, 0.25) is 0 Å². The minimum absolute atomic E-state index is 0.677. The lowest BCUT2D eigenvalue weighted by Gasteiger charge is -2.24. The van der Waals surface area contributed by atoms with Gasteiger partial charge in [0.05, 0.1) is 0 Å². The van der Waals surface area contributed by atoms with E-state index in [0.717, 1.165) is 13.0 Å². The first kappa shape index (κ1) is 12.7. The Bertz CT molecular complexity index is 589. The number of piperidine rings is 1. The van der Waals surface area contributed by atoms with Gasteiger partial charge in [0.1, 0.15) is 0 Å². The molecule has 1 aromatic heterocycles. The highest BCUT2D eigenvalue weighted by molar-refractivity contribution is 5.86. The highest BCUT2D eigenvalue weighted by Crippen LogP contribution is 2.33. The van der Waals surface area contributed by atoms with Crippen molar-refractivity contribution in [3.05, 3.63) is 35.0 Å². The quantitative estimate of drug-likeness (QED) is 0.870. The third-order valence-corrected chi connectivity index (χ3v) is 4.66. The van der Waals surface area contributed by atoms with Gasteiger partial charge in [-0.3, -0.25) is 0 Å². The Morgan fingerprint density at radius 3 is 2.89 bits per heavy atom. The predicted molar refractivity (Wildman–Crippen MR) is 81.9 cm³/mol. The number of hydrogen-bond acceptors (Lipinski definition) is 1. The third-order valence-electron chi connectivity index (χ3n) is 4.66. The molecule has 1 fully saturated rings. The number of aromatic nitrogens is 1. The van der Waals surface area contributed by atoms with E-state index in [1.807, 2.05) is 0 Å². The van der Waals surface area contributed by atoms with Crippen molar-refractivity contribution in [1.29, 1.82) is 0 Å². The van der Waals surface area contributed by atoms with Gasteiger partial charge in [0, 0.05) is 36.1 Å². The Morgan fingerprint density at radius 2 is 2.21 bits per heavy atom. The van der Waals surface area contributed by atoms with E-state index in [1.54, 1.807) is 0 Å². The van der Waals surface area contributed by atoms with Crippen molar-refractivity contribution in [3.63, 3.8) is 0 Å². The Balaban J connectivity index is 2.13. The third kappa shape index (κ3) is 2.08. The molecule has 3 rings (SSSR count). The van der Waals surface area contributed by atoms with Crippen molar-refractivity contribution < 1.29 is 0 Å². The van der Waals surface area contributed by atoms with E-state index in [1.165, 1.54) is 47.1 Å². The van der Waals surface area contributed by atoms with Crippen LogP contribution in [0.4, 0.5) is 0 Å². The number of aryl methyl sites for hydroxylation is 3. The van der Waals surface area contributed by atoms with E-state index >= 15 is 0 Å². The Kier molecular flexibility index (Phi) is 3.36. The van der Waals surface area contributed by atoms with Crippen molar-refractivity contribution in [2.45, 2.75) is 39.0 Å². The molecule has 1 aliphatic heterocycles. The number of nitrogens with zero attached hydrogens (tertiary/aromatic N) is 1. The molecule has 0 amide bonds. The topological polar surface area (TPSA) is 17.0 Å². The van der Waals surface area contributed by atoms with Gasteiger partial charge in [-0.15, -0.1) is 0 Å². The van der Waals surface area contributed by atoms with Crippen LogP contribution in [0.3, 0.4) is 0 Å². The summed E-state index contributed by atoms with van der Waals surface area (Å²) in [6.45, 7) is 6.84. The van der Waals surface area contributed by atoms with E-state index in [2.05, 4.69) is 49.0 Å². The molecule has 2 nitrogen and oxygen atoms in total. The fourth-order valence-electron chi connectivity index (χ4n) is 3.58. The summed E-state index contributed by atoms with van der Waals surface area (Å²) in [5.41, 5.74) is 5.85. The molecule has 2 aromatic rings. The fraction of sp³-hybridized carbons (Fsp3) is 0.529. The minimum atomic E-state index is 0.677. The molecule has 0 aliphatic carbocycles. The average Bonchev–Trinajstić information content (AvgIpc) is 2.71. The molecule has 1 saturated heterocycles. The van der Waals surface area contributed by atoms with Crippen LogP contribution in [0.1, 0.15) is 42.5 Å². The van der Waals surface area contributed by atoms with Gasteiger partial charge >= 0.3 is 0 Å². The first-order valence-electron chi connectivity index (χ1n) is 7.51. The van der Waals surface area contributed by atoms with Crippen LogP contribution < -0.4 is 5.32 Å². The molecule has 1 aliphatic rings. The highest BCUT2D eigenvalue weighted by atomic mass is 15.0. The summed E-state index contributed by atoms with van der Waals surface area (Å²) in [5, 5.41) is 4.99. The molecule has 1 aromatic carbocycles. The second-order valence-corrected chi connectivity index (χ2v) is 5.82. The minimum Gasteiger partial charge on any atom is -0.347 e. The zero-order valence-corrected chi connectivity index (χ0v) is 12.3. The van der Waals surface area contributed by atoms with Crippen LogP contribution in [0.5, 0.6) is 0 Å². The Hall–Kier alpha value is -1.28. The lowest BCUT2D eigenvalue weighted by molar-refractivity contribution is 0.447. The molecule has 2 heterocycles. The SMILES string of the molecule is CCc1ccc2c(c1)c(C)c(C1CCCNC1)n2C. The molecule has 1 atom stereocenters. The smallest absolute Gasteiger partial charge is 0.0482 e. The standard InChI is InChI=1S/C17H24N2/c1-4-13-7-8-16-15(10-13)12(2)17(19(16)3)14-6-5-9-18-11-14/h7-8,10,14,18H,4-6,9,11H2,1-3H3. The maximum Gasteiger partial charge on any atom is 0.0482 e. The lowest BCUT2D eigenvalue weighted by Crippen LogP contribution is -2.29. The van der Waals surface area contributed by atoms with Gasteiger partial charge in [0.2, 0.25) is 0 Å². The van der Waals surface area contributed by atoms with Crippen molar-refractivity contribution in [1.82, 2.24) is 9.88 Å². The van der Waals surface area contributed by atoms with E-state index in [-0.39, 0.29) is 0 Å². The van der Waals surface area contributed by atoms with Crippen molar-refractivity contribution in [2.24, 2.45) is 7.05 Å². The molecule has 102 valence electrons. The monoisotopic (exact) mass is 256 g/mol. The van der Waals surface area contributed by atoms with Crippen LogP contribution in [-0.2, 0) is 13.5 Å². The maximum absolute atomic E-state index is 3.54. The Labute approximate surface area is 115 Å². The second kappa shape index (κ2) is 5.01. The molecular weight excluding hydrogens is 232 g/mol. The number of rotatable bonds is 2. The van der Waals surface area contributed by atoms with Crippen molar-refractivity contribution >= 4 is 10.9 Å². The fourth-order valence-corrected chi connectivity index (χ4v) is 3.58. The summed E-state index contributed by atoms with van der Waals surface area (Å²) < 4.78 is 2.42. The summed E-state index contributed by atoms with van der Waals surface area (Å²) in [7, 11) is 2.23. The van der Waals surface area contributed by atoms with E-state index in [0.29, 0.717) is 5.92 Å². The zero-order valence-electron chi connectivity index (χ0n) is 12.3. The van der Waals surface area contributed by atoms with Gasteiger partial charge in [-0.2, -0.15) is 0 Å². The average molecular weight is 256 g/mol. The summed E-state index contributed by atoms with van der Waals surface area (Å²) >= 11 is 0. The molecule has 19 heavy (non-hydrogen) atoms. The maximum atomic E-state index is 3.54. The van der Waals surface area contributed by atoms with Gasteiger partial charge in [0.15, 0.2) is 0 Å². The first-order chi connectivity index (χ1) is 9.22. The van der Waals surface area contributed by atoms with Crippen LogP contribution in [-0.4, -0.2) is 17.7 Å². The van der Waals surface area contributed by atoms with Gasteiger partial charge in [-0.05, 0) is 56.0 Å². The van der Waals surface area contributed by atoms with Crippen molar-refractivity contribution in [3.8, 4) is 0 Å². The van der Waals surface area contributed by atoms with Crippen LogP contribution in [0.25, 0.3) is 10.9 Å². The van der Waals surface area contributed by atoms with Crippen molar-refractivity contribution in [2.75, 3.05) is 13.1 Å². The van der Waals surface area contributed by atoms with Gasteiger partial charge in [-0.25, -0.2) is 0 Å². The van der Waals surface area contributed by atoms with Gasteiger partial charge < -0.3 is 9.88 Å². The number of benzene rings is 1. The predicted octanol–water partition coefficient (Wildman–Crippen LogP) is 3.52. The lowest BCUT2D eigenvalue weighted by atomic mass is 9.93. The van der Waals surface area contributed by atoms with E-state index < -0.39 is 0 Å². The number of fused-ring (bicyclic) bond motifs is 1. The summed E-state index contributed by atoms with van der Waals surface area (Å²) in [5.74, 6) is 0.677. The second-order valence-electron chi connectivity index (χ2n) is 5.82. The molecule has 0 bridgehead atoms. The molecule has 2 heteroatoms. The summed E-state index contributed by atoms with van der Waals surface area (Å²) in [6, 6.07) is 6.94. The molecular formula is C17H24N2. The first-order valence-corrected chi connectivity index (χ1v) is 7.51. The normalized spacial score (nSPS) is 20.1. The highest BCUT2D eigenvalue weighted by Gasteiger charge is 2.22. The van der Waals surface area contributed by atoms with Crippen LogP contribution in [0.15, 0.2) is 18.2 Å². The van der Waals surface area contributed by atoms with E-state index in [9.17, 15) is 0 Å². The molecule has 1 N–H and O–H groups in total. The zero-order chi connectivity index (χ0) is 13.4. The van der Waals surface area contributed by atoms with Crippen LogP contribution in [0, 0.1) is 6.92 Å². The largest absolute Gasteiger partial charge is 0.347 e. The molecule has 1 unspecified atom stereocenters. The molecule has 0 saturated carbocycles. The van der Waals surface area contributed by atoms with Gasteiger partial charge in [0.25, 0.3) is 0 Å². The van der Waals surface area contributed by atoms with Crippen LogP contribution >= 0.6 is 0 Å². The summed E-state index contributed by atoms with van der Waals surface area (Å²) in [6.07, 6.45) is 3.73. The molecule has 0 radical (unpaired) electrons. The number of hydrogen-bond donors (Lipinski definition) is 1.